The maximum Gasteiger partial charge on any atom is 0.222 e. The molecule has 2 aromatic carbocycles. The fourth-order valence-electron chi connectivity index (χ4n) is 2.97. The van der Waals surface area contributed by atoms with Crippen molar-refractivity contribution in [3.05, 3.63) is 65.4 Å². The fraction of sp³-hybridized carbons (Fsp3) is 0.0526. The van der Waals surface area contributed by atoms with Crippen molar-refractivity contribution in [3.8, 4) is 17.3 Å². The van der Waals surface area contributed by atoms with E-state index >= 15 is 0 Å². The second kappa shape index (κ2) is 6.59. The van der Waals surface area contributed by atoms with E-state index in [-0.39, 0.29) is 23.7 Å². The Labute approximate surface area is 157 Å². The largest absolute Gasteiger partial charge is 0.399 e. The highest BCUT2D eigenvalue weighted by Crippen LogP contribution is 2.28. The summed E-state index contributed by atoms with van der Waals surface area (Å²) in [5.74, 6) is -1.57. The molecule has 0 atom stereocenters. The lowest BCUT2D eigenvalue weighted by molar-refractivity contribution is 0.537. The molecule has 4 aromatic rings. The summed E-state index contributed by atoms with van der Waals surface area (Å²) in [4.78, 5) is 8.42. The first-order chi connectivity index (χ1) is 13.5. The van der Waals surface area contributed by atoms with E-state index < -0.39 is 11.6 Å². The molecule has 0 saturated heterocycles. The lowest BCUT2D eigenvalue weighted by atomic mass is 10.1. The lowest BCUT2D eigenvalue weighted by Gasteiger charge is -2.08. The number of fused-ring (bicyclic) bond motifs is 1. The summed E-state index contributed by atoms with van der Waals surface area (Å²) in [6, 6.07) is 11.0. The summed E-state index contributed by atoms with van der Waals surface area (Å²) in [6.07, 6.45) is 1.50. The molecular weight excluding hydrogens is 364 g/mol. The number of nitrogens with zero attached hydrogens (tertiary/aromatic N) is 5. The van der Waals surface area contributed by atoms with Crippen molar-refractivity contribution < 1.29 is 8.78 Å². The molecule has 0 fully saturated rings. The molecule has 0 aliphatic heterocycles. The quantitative estimate of drug-likeness (QED) is 0.530. The molecular formula is C19H13F2N7. The molecule has 0 aliphatic rings. The van der Waals surface area contributed by atoms with E-state index in [2.05, 4.69) is 21.1 Å². The first-order valence-corrected chi connectivity index (χ1v) is 8.19. The van der Waals surface area contributed by atoms with Gasteiger partial charge in [-0.25, -0.2) is 18.4 Å². The highest BCUT2D eigenvalue weighted by molar-refractivity contribution is 5.91. The summed E-state index contributed by atoms with van der Waals surface area (Å²) in [7, 11) is 0. The smallest absolute Gasteiger partial charge is 0.222 e. The first-order valence-electron chi connectivity index (χ1n) is 8.19. The molecule has 0 saturated carbocycles. The number of hydrogen-bond donors (Lipinski definition) is 2. The van der Waals surface area contributed by atoms with Crippen LogP contribution in [-0.2, 0) is 6.54 Å². The van der Waals surface area contributed by atoms with Crippen LogP contribution in [-0.4, -0.2) is 19.7 Å². The molecule has 7 nitrogen and oxygen atoms in total. The Morgan fingerprint density at radius 2 is 1.82 bits per heavy atom. The van der Waals surface area contributed by atoms with Crippen LogP contribution in [0.5, 0.6) is 0 Å². The minimum absolute atomic E-state index is 0.00435. The predicted octanol–water partition coefficient (Wildman–Crippen LogP) is 2.86. The molecule has 0 amide bonds. The number of benzene rings is 2. The number of hydrogen-bond acceptors (Lipinski definition) is 6. The SMILES string of the molecule is N#Cc1cccc(-c2nc(N)nc3c2cnn3Cc2c(F)cc(N)cc2F)c1. The Bertz CT molecular complexity index is 1230. The van der Waals surface area contributed by atoms with E-state index in [1.807, 2.05) is 0 Å². The molecule has 0 aliphatic carbocycles. The third-order valence-corrected chi connectivity index (χ3v) is 4.25. The fourth-order valence-corrected chi connectivity index (χ4v) is 2.97. The predicted molar refractivity (Wildman–Crippen MR) is 99.8 cm³/mol. The highest BCUT2D eigenvalue weighted by Gasteiger charge is 2.17. The van der Waals surface area contributed by atoms with Gasteiger partial charge in [0.1, 0.15) is 11.6 Å². The minimum atomic E-state index is -0.773. The summed E-state index contributed by atoms with van der Waals surface area (Å²) in [5, 5.41) is 13.8. The number of anilines is 2. The summed E-state index contributed by atoms with van der Waals surface area (Å²) in [6.45, 7) is -0.199. The van der Waals surface area contributed by atoms with Crippen LogP contribution in [0.1, 0.15) is 11.1 Å². The van der Waals surface area contributed by atoms with Crippen LogP contribution >= 0.6 is 0 Å². The van der Waals surface area contributed by atoms with E-state index in [1.165, 1.54) is 10.9 Å². The Kier molecular flexibility index (Phi) is 4.08. The number of aromatic nitrogens is 4. The maximum absolute atomic E-state index is 14.2. The summed E-state index contributed by atoms with van der Waals surface area (Å²) < 4.78 is 29.7. The van der Waals surface area contributed by atoms with Gasteiger partial charge in [0.2, 0.25) is 5.95 Å². The second-order valence-electron chi connectivity index (χ2n) is 6.13. The highest BCUT2D eigenvalue weighted by atomic mass is 19.1. The molecule has 4 rings (SSSR count). The Morgan fingerprint density at radius 3 is 2.54 bits per heavy atom. The van der Waals surface area contributed by atoms with Crippen molar-refractivity contribution in [1.29, 1.82) is 5.26 Å². The van der Waals surface area contributed by atoms with Gasteiger partial charge in [0, 0.05) is 16.8 Å². The van der Waals surface area contributed by atoms with E-state index in [4.69, 9.17) is 16.7 Å². The molecule has 2 heterocycles. The van der Waals surface area contributed by atoms with Gasteiger partial charge in [-0.1, -0.05) is 12.1 Å². The van der Waals surface area contributed by atoms with Gasteiger partial charge in [0.25, 0.3) is 0 Å². The average Bonchev–Trinajstić information content (AvgIpc) is 3.06. The van der Waals surface area contributed by atoms with Gasteiger partial charge in [-0.2, -0.15) is 15.3 Å². The minimum Gasteiger partial charge on any atom is -0.399 e. The van der Waals surface area contributed by atoms with Crippen LogP contribution in [0.25, 0.3) is 22.3 Å². The Morgan fingerprint density at radius 1 is 1.07 bits per heavy atom. The van der Waals surface area contributed by atoms with Gasteiger partial charge in [-0.05, 0) is 24.3 Å². The standard InChI is InChI=1S/C19H13F2N7/c20-15-5-12(23)6-16(21)14(15)9-28-18-13(8-25-28)17(26-19(24)27-18)11-3-1-2-10(4-11)7-22/h1-6,8H,9,23H2,(H2,24,26,27). The van der Waals surface area contributed by atoms with Crippen molar-refractivity contribution in [2.24, 2.45) is 0 Å². The number of halogens is 2. The maximum atomic E-state index is 14.2. The van der Waals surface area contributed by atoms with Crippen LogP contribution in [0.2, 0.25) is 0 Å². The topological polar surface area (TPSA) is 119 Å². The molecule has 4 N–H and O–H groups in total. The van der Waals surface area contributed by atoms with Gasteiger partial charge in [0.15, 0.2) is 5.65 Å². The summed E-state index contributed by atoms with van der Waals surface area (Å²) >= 11 is 0. The van der Waals surface area contributed by atoms with Crippen molar-refractivity contribution in [2.75, 3.05) is 11.5 Å². The Hall–Kier alpha value is -4.06. The molecule has 0 radical (unpaired) electrons. The lowest BCUT2D eigenvalue weighted by Crippen LogP contribution is -2.08. The van der Waals surface area contributed by atoms with Gasteiger partial charge in [-0.15, -0.1) is 0 Å². The monoisotopic (exact) mass is 377 g/mol. The summed E-state index contributed by atoms with van der Waals surface area (Å²) in [5.41, 5.74) is 13.0. The second-order valence-corrected chi connectivity index (χ2v) is 6.13. The molecule has 0 unspecified atom stereocenters. The van der Waals surface area contributed by atoms with Crippen LogP contribution in [0.3, 0.4) is 0 Å². The van der Waals surface area contributed by atoms with Crippen LogP contribution in [0.4, 0.5) is 20.4 Å². The van der Waals surface area contributed by atoms with Crippen molar-refractivity contribution >= 4 is 22.7 Å². The van der Waals surface area contributed by atoms with Crippen LogP contribution in [0, 0.1) is 23.0 Å². The number of nitrogen functional groups attached to an aromatic ring is 2. The van der Waals surface area contributed by atoms with Gasteiger partial charge in [-0.3, -0.25) is 0 Å². The zero-order chi connectivity index (χ0) is 19.8. The van der Waals surface area contributed by atoms with E-state index in [1.54, 1.807) is 24.3 Å². The van der Waals surface area contributed by atoms with Gasteiger partial charge in [0.05, 0.1) is 35.5 Å². The van der Waals surface area contributed by atoms with Gasteiger partial charge >= 0.3 is 0 Å². The molecule has 9 heteroatoms. The number of nitriles is 1. The van der Waals surface area contributed by atoms with Crippen molar-refractivity contribution in [1.82, 2.24) is 19.7 Å². The third-order valence-electron chi connectivity index (χ3n) is 4.25. The Balaban J connectivity index is 1.85. The number of nitrogens with two attached hydrogens (primary N) is 2. The van der Waals surface area contributed by atoms with Crippen LogP contribution in [0.15, 0.2) is 42.6 Å². The van der Waals surface area contributed by atoms with Gasteiger partial charge < -0.3 is 11.5 Å². The zero-order valence-corrected chi connectivity index (χ0v) is 14.4. The van der Waals surface area contributed by atoms with Crippen molar-refractivity contribution in [3.63, 3.8) is 0 Å². The van der Waals surface area contributed by atoms with E-state index in [0.29, 0.717) is 27.9 Å². The van der Waals surface area contributed by atoms with Crippen molar-refractivity contribution in [2.45, 2.75) is 6.54 Å². The molecule has 138 valence electrons. The van der Waals surface area contributed by atoms with E-state index in [9.17, 15) is 8.78 Å². The molecule has 0 spiro atoms. The number of rotatable bonds is 3. The molecule has 0 bridgehead atoms. The first kappa shape index (κ1) is 17.4. The van der Waals surface area contributed by atoms with Crippen LogP contribution < -0.4 is 11.5 Å². The normalized spacial score (nSPS) is 10.9. The molecule has 2 aromatic heterocycles. The molecule has 28 heavy (non-hydrogen) atoms. The average molecular weight is 377 g/mol. The zero-order valence-electron chi connectivity index (χ0n) is 14.4. The van der Waals surface area contributed by atoms with E-state index in [0.717, 1.165) is 12.1 Å². The third kappa shape index (κ3) is 2.97.